The molecule has 0 N–H and O–H groups in total. The Kier molecular flexibility index (Phi) is 7.56. The highest BCUT2D eigenvalue weighted by atomic mass is 14.7. The monoisotopic (exact) mass is 545 g/mol. The van der Waals surface area contributed by atoms with Crippen LogP contribution in [0, 0.1) is 0 Å². The molecule has 1 atom stereocenters. The molecule has 7 rings (SSSR count). The van der Waals surface area contributed by atoms with Crippen LogP contribution in [0.25, 0.3) is 33.4 Å². The van der Waals surface area contributed by atoms with Gasteiger partial charge < -0.3 is 0 Å². The third-order valence-corrected chi connectivity index (χ3v) is 8.58. The zero-order valence-electron chi connectivity index (χ0n) is 23.9. The topological polar surface area (TPSA) is 37.1 Å². The molecule has 0 spiro atoms. The molecule has 1 unspecified atom stereocenters. The summed E-state index contributed by atoms with van der Waals surface area (Å²) in [5.41, 5.74) is 14.1. The van der Waals surface area contributed by atoms with E-state index in [1.807, 2.05) is 24.8 Å². The Balaban J connectivity index is 1.30. The average Bonchev–Trinajstić information content (AvgIpc) is 3.09. The molecule has 3 aliphatic heterocycles. The second-order valence-electron chi connectivity index (χ2n) is 11.4. The highest BCUT2D eigenvalue weighted by molar-refractivity contribution is 6.10. The maximum absolute atomic E-state index is 4.53. The van der Waals surface area contributed by atoms with E-state index in [0.717, 1.165) is 45.1 Å². The molecule has 0 aromatic heterocycles. The van der Waals surface area contributed by atoms with Gasteiger partial charge in [0.05, 0.1) is 0 Å². The van der Waals surface area contributed by atoms with Crippen molar-refractivity contribution in [1.29, 1.82) is 0 Å². The van der Waals surface area contributed by atoms with Gasteiger partial charge in [-0.3, -0.25) is 15.0 Å². The Bertz CT molecular complexity index is 1760. The molecule has 42 heavy (non-hydrogen) atoms. The summed E-state index contributed by atoms with van der Waals surface area (Å²) in [7, 11) is 0. The van der Waals surface area contributed by atoms with Gasteiger partial charge in [0.25, 0.3) is 0 Å². The van der Waals surface area contributed by atoms with Crippen molar-refractivity contribution >= 4 is 29.8 Å². The van der Waals surface area contributed by atoms with Gasteiger partial charge in [0, 0.05) is 43.5 Å². The zero-order chi connectivity index (χ0) is 28.1. The predicted molar refractivity (Wildman–Crippen MR) is 179 cm³/mol. The minimum Gasteiger partial charge on any atom is -0.292 e. The van der Waals surface area contributed by atoms with Crippen molar-refractivity contribution < 1.29 is 0 Å². The van der Waals surface area contributed by atoms with Gasteiger partial charge in [-0.1, -0.05) is 72.8 Å². The molecule has 4 aliphatic rings. The van der Waals surface area contributed by atoms with Gasteiger partial charge in [-0.25, -0.2) is 0 Å². The van der Waals surface area contributed by atoms with Crippen molar-refractivity contribution in [3.8, 4) is 22.3 Å². The smallest absolute Gasteiger partial charge is 0.0424 e. The van der Waals surface area contributed by atoms with E-state index < -0.39 is 0 Å². The summed E-state index contributed by atoms with van der Waals surface area (Å²) in [6, 6.07) is 25.1. The summed E-state index contributed by atoms with van der Waals surface area (Å²) >= 11 is 0. The number of allylic oxidation sites excluding steroid dienone is 7. The second kappa shape index (κ2) is 12.1. The van der Waals surface area contributed by atoms with Crippen molar-refractivity contribution in [2.24, 2.45) is 15.0 Å². The Morgan fingerprint density at radius 2 is 1.29 bits per heavy atom. The highest BCUT2D eigenvalue weighted by Crippen LogP contribution is 2.39. The minimum atomic E-state index is 0.311. The molecule has 3 heterocycles. The van der Waals surface area contributed by atoms with E-state index in [4.69, 9.17) is 0 Å². The second-order valence-corrected chi connectivity index (χ2v) is 11.4. The van der Waals surface area contributed by atoms with E-state index in [-0.39, 0.29) is 0 Å². The number of dihydropyridines is 1. The maximum Gasteiger partial charge on any atom is 0.0424 e. The Morgan fingerprint density at radius 3 is 1.98 bits per heavy atom. The van der Waals surface area contributed by atoms with E-state index >= 15 is 0 Å². The van der Waals surface area contributed by atoms with Crippen LogP contribution in [0.5, 0.6) is 0 Å². The van der Waals surface area contributed by atoms with Gasteiger partial charge in [0.15, 0.2) is 0 Å². The third-order valence-electron chi connectivity index (χ3n) is 8.58. The third kappa shape index (κ3) is 5.73. The van der Waals surface area contributed by atoms with Crippen LogP contribution in [0.4, 0.5) is 0 Å². The van der Waals surface area contributed by atoms with Crippen LogP contribution in [0.15, 0.2) is 130 Å². The van der Waals surface area contributed by atoms with Gasteiger partial charge in [-0.15, -0.1) is 0 Å². The number of hydrogen-bond donors (Lipinski definition) is 0. The molecule has 0 radical (unpaired) electrons. The molecular weight excluding hydrogens is 510 g/mol. The molecule has 1 aliphatic carbocycles. The van der Waals surface area contributed by atoms with E-state index in [2.05, 4.69) is 112 Å². The Labute approximate surface area is 248 Å². The quantitative estimate of drug-likeness (QED) is 0.296. The normalized spacial score (nSPS) is 19.7. The summed E-state index contributed by atoms with van der Waals surface area (Å²) in [5.74, 6) is 0.311. The molecule has 0 amide bonds. The molecule has 0 saturated carbocycles. The largest absolute Gasteiger partial charge is 0.292 e. The van der Waals surface area contributed by atoms with E-state index in [0.29, 0.717) is 5.92 Å². The lowest BCUT2D eigenvalue weighted by atomic mass is 9.82. The number of benzene rings is 3. The van der Waals surface area contributed by atoms with Gasteiger partial charge in [-0.05, 0) is 118 Å². The number of nitrogens with zero attached hydrogens (tertiary/aromatic N) is 3. The molecular formula is C39H35N3. The summed E-state index contributed by atoms with van der Waals surface area (Å²) < 4.78 is 0. The van der Waals surface area contributed by atoms with Crippen molar-refractivity contribution in [2.45, 2.75) is 44.4 Å². The highest BCUT2D eigenvalue weighted by Gasteiger charge is 2.19. The van der Waals surface area contributed by atoms with Gasteiger partial charge in [-0.2, -0.15) is 0 Å². The molecule has 3 aromatic rings. The number of rotatable bonds is 6. The molecule has 0 saturated heterocycles. The molecule has 3 nitrogen and oxygen atoms in total. The zero-order valence-corrected chi connectivity index (χ0v) is 23.9. The summed E-state index contributed by atoms with van der Waals surface area (Å²) in [4.78, 5) is 13.4. The minimum absolute atomic E-state index is 0.311. The average molecular weight is 546 g/mol. The summed E-state index contributed by atoms with van der Waals surface area (Å²) in [5, 5.41) is 0. The fraction of sp³-hybridized carbons (Fsp3) is 0.205. The predicted octanol–water partition coefficient (Wildman–Crippen LogP) is 9.80. The first kappa shape index (κ1) is 26.3. The fourth-order valence-electron chi connectivity index (χ4n) is 6.29. The van der Waals surface area contributed by atoms with Crippen molar-refractivity contribution in [3.05, 3.63) is 131 Å². The summed E-state index contributed by atoms with van der Waals surface area (Å²) in [6.07, 6.45) is 25.4. The van der Waals surface area contributed by atoms with Crippen molar-refractivity contribution in [3.63, 3.8) is 0 Å². The first-order valence-corrected chi connectivity index (χ1v) is 15.2. The lowest BCUT2D eigenvalue weighted by Gasteiger charge is -2.23. The first-order valence-electron chi connectivity index (χ1n) is 15.2. The van der Waals surface area contributed by atoms with Crippen LogP contribution in [-0.2, 0) is 0 Å². The van der Waals surface area contributed by atoms with Crippen molar-refractivity contribution in [2.75, 3.05) is 6.54 Å². The van der Waals surface area contributed by atoms with Crippen LogP contribution >= 0.6 is 0 Å². The van der Waals surface area contributed by atoms with Gasteiger partial charge >= 0.3 is 0 Å². The Morgan fingerprint density at radius 1 is 0.619 bits per heavy atom. The van der Waals surface area contributed by atoms with Crippen LogP contribution in [-0.4, -0.2) is 25.2 Å². The van der Waals surface area contributed by atoms with Crippen LogP contribution < -0.4 is 0 Å². The van der Waals surface area contributed by atoms with Crippen molar-refractivity contribution in [1.82, 2.24) is 0 Å². The first-order chi connectivity index (χ1) is 20.8. The summed E-state index contributed by atoms with van der Waals surface area (Å²) in [6.45, 7) is 0.880. The molecule has 0 bridgehead atoms. The number of aliphatic imine (C=N–C) groups is 3. The van der Waals surface area contributed by atoms with Crippen LogP contribution in [0.1, 0.15) is 61.1 Å². The maximum atomic E-state index is 4.53. The molecule has 206 valence electrons. The molecule has 3 heteroatoms. The SMILES string of the molecule is C1=CC(c2cc(-c3cccc(C4=CCCN=C4)c3)cc(-c3cccc(C4=CN=CCC4)c3)c2)CC(C2=CN=CCC2)=C1. The van der Waals surface area contributed by atoms with Gasteiger partial charge in [0.1, 0.15) is 0 Å². The fourth-order valence-corrected chi connectivity index (χ4v) is 6.29. The van der Waals surface area contributed by atoms with E-state index in [1.54, 1.807) is 0 Å². The van der Waals surface area contributed by atoms with E-state index in [1.165, 1.54) is 61.2 Å². The van der Waals surface area contributed by atoms with Crippen LogP contribution in [0.2, 0.25) is 0 Å². The lowest BCUT2D eigenvalue weighted by molar-refractivity contribution is 0.803. The molecule has 3 aromatic carbocycles. The van der Waals surface area contributed by atoms with Crippen LogP contribution in [0.3, 0.4) is 0 Å². The molecule has 0 fully saturated rings. The standard InChI is InChI=1S/C39H35N3/c1-7-28(34-13-4-16-40-25-34)19-31(10-1)37-22-38(32-11-2-8-29(20-32)35-14-5-17-41-26-35)24-39(23-37)33-12-3-9-30(21-33)36-15-6-18-42-27-36/h1-3,7-13,17-20,22-27,33H,4-6,14-16,21H2. The Hall–Kier alpha value is -4.63. The lowest BCUT2D eigenvalue weighted by Crippen LogP contribution is -2.05. The van der Waals surface area contributed by atoms with E-state index in [9.17, 15) is 0 Å². The van der Waals surface area contributed by atoms with Gasteiger partial charge in [0.2, 0.25) is 0 Å². The number of hydrogen-bond acceptors (Lipinski definition) is 3.